The summed E-state index contributed by atoms with van der Waals surface area (Å²) in [4.78, 5) is 9.79. The number of hydrogen-bond donors (Lipinski definition) is 0. The van der Waals surface area contributed by atoms with E-state index in [9.17, 15) is 0 Å². The molecule has 7 heteroatoms. The lowest BCUT2D eigenvalue weighted by atomic mass is 10.1. The summed E-state index contributed by atoms with van der Waals surface area (Å²) in [6.07, 6.45) is 3.78. The second kappa shape index (κ2) is 7.59. The molecule has 0 aliphatic carbocycles. The van der Waals surface area contributed by atoms with Crippen LogP contribution in [0.4, 0.5) is 0 Å². The van der Waals surface area contributed by atoms with E-state index in [0.717, 1.165) is 47.8 Å². The van der Waals surface area contributed by atoms with Gasteiger partial charge in [-0.15, -0.1) is 11.3 Å². The molecular weight excluding hydrogens is 354 g/mol. The minimum Gasteiger partial charge on any atom is -0.497 e. The fraction of sp³-hybridized carbons (Fsp3) is 0.333. The second-order valence-electron chi connectivity index (χ2n) is 5.83. The van der Waals surface area contributed by atoms with E-state index in [1.807, 2.05) is 23.6 Å². The van der Waals surface area contributed by atoms with Crippen molar-refractivity contribution in [1.82, 2.24) is 14.3 Å². The van der Waals surface area contributed by atoms with Crippen LogP contribution in [0, 0.1) is 0 Å². The third kappa shape index (κ3) is 3.89. The summed E-state index contributed by atoms with van der Waals surface area (Å²) in [5.74, 6) is 1.62. The van der Waals surface area contributed by atoms with Gasteiger partial charge in [0.1, 0.15) is 22.9 Å². The number of benzene rings is 1. The van der Waals surface area contributed by atoms with E-state index in [0.29, 0.717) is 0 Å². The Morgan fingerprint density at radius 2 is 2.08 bits per heavy atom. The molecule has 25 heavy (non-hydrogen) atoms. The largest absolute Gasteiger partial charge is 0.497 e. The minimum atomic E-state index is 0.211. The average Bonchev–Trinajstić information content (AvgIpc) is 3.13. The molecule has 1 aromatic carbocycles. The zero-order valence-corrected chi connectivity index (χ0v) is 15.6. The lowest BCUT2D eigenvalue weighted by Gasteiger charge is -2.30. The Morgan fingerprint density at radius 1 is 1.20 bits per heavy atom. The molecule has 1 aliphatic heterocycles. The first-order valence-corrected chi connectivity index (χ1v) is 9.89. The predicted octanol–water partition coefficient (Wildman–Crippen LogP) is 4.25. The highest BCUT2D eigenvalue weighted by Gasteiger charge is 2.22. The molecule has 1 aliphatic rings. The molecule has 3 aromatic rings. The summed E-state index contributed by atoms with van der Waals surface area (Å²) in [5.41, 5.74) is 0.959. The van der Waals surface area contributed by atoms with Crippen LogP contribution < -0.4 is 9.47 Å². The fourth-order valence-electron chi connectivity index (χ4n) is 2.86. The van der Waals surface area contributed by atoms with Gasteiger partial charge in [0.15, 0.2) is 0 Å². The molecule has 3 heterocycles. The summed E-state index contributed by atoms with van der Waals surface area (Å²) >= 11 is 3.41. The number of aromatic nitrogens is 2. The van der Waals surface area contributed by atoms with Crippen molar-refractivity contribution in [1.29, 1.82) is 0 Å². The molecule has 0 amide bonds. The number of fused-ring (bicyclic) bond motifs is 1. The van der Waals surface area contributed by atoms with Crippen LogP contribution in [0.2, 0.25) is 0 Å². The Bertz CT molecular complexity index is 847. The van der Waals surface area contributed by atoms with Gasteiger partial charge in [0.2, 0.25) is 5.88 Å². The maximum atomic E-state index is 6.17. The van der Waals surface area contributed by atoms with Gasteiger partial charge in [-0.05, 0) is 54.4 Å². The first-order valence-electron chi connectivity index (χ1n) is 8.23. The molecule has 1 fully saturated rings. The van der Waals surface area contributed by atoms with E-state index in [1.54, 1.807) is 36.7 Å². The van der Waals surface area contributed by atoms with Gasteiger partial charge in [-0.25, -0.2) is 14.3 Å². The number of rotatable bonds is 5. The number of thiophene rings is 1. The Labute approximate surface area is 155 Å². The lowest BCUT2D eigenvalue weighted by molar-refractivity contribution is 0.135. The third-order valence-corrected chi connectivity index (χ3v) is 6.15. The zero-order chi connectivity index (χ0) is 17.1. The van der Waals surface area contributed by atoms with Crippen molar-refractivity contribution in [3.63, 3.8) is 0 Å². The van der Waals surface area contributed by atoms with Crippen molar-refractivity contribution in [2.24, 2.45) is 0 Å². The fourth-order valence-corrected chi connectivity index (χ4v) is 4.63. The molecule has 0 unspecified atom stereocenters. The molecule has 0 N–H and O–H groups in total. The molecule has 0 atom stereocenters. The van der Waals surface area contributed by atoms with E-state index >= 15 is 0 Å². The van der Waals surface area contributed by atoms with Crippen LogP contribution in [0.1, 0.15) is 12.8 Å². The molecular formula is C18H19N3O2S2. The van der Waals surface area contributed by atoms with Crippen molar-refractivity contribution in [3.8, 4) is 11.6 Å². The predicted molar refractivity (Wildman–Crippen MR) is 101 cm³/mol. The highest BCUT2D eigenvalue weighted by molar-refractivity contribution is 7.97. The molecule has 2 aromatic heterocycles. The van der Waals surface area contributed by atoms with E-state index < -0.39 is 0 Å². The number of methoxy groups -OCH3 is 1. The number of piperidine rings is 1. The minimum absolute atomic E-state index is 0.211. The van der Waals surface area contributed by atoms with Gasteiger partial charge in [0, 0.05) is 18.0 Å². The summed E-state index contributed by atoms with van der Waals surface area (Å²) in [6, 6.07) is 10.2. The van der Waals surface area contributed by atoms with E-state index in [4.69, 9.17) is 9.47 Å². The van der Waals surface area contributed by atoms with Gasteiger partial charge < -0.3 is 9.47 Å². The van der Waals surface area contributed by atoms with E-state index in [1.165, 1.54) is 4.90 Å². The van der Waals surface area contributed by atoms with Gasteiger partial charge >= 0.3 is 0 Å². The van der Waals surface area contributed by atoms with Gasteiger partial charge in [0.05, 0.1) is 12.6 Å². The molecule has 4 rings (SSSR count). The van der Waals surface area contributed by atoms with Crippen molar-refractivity contribution < 1.29 is 9.47 Å². The standard InChI is InChI=1S/C18H19N3O2S2/c1-22-14-3-2-4-15(11-14)25-21-8-5-13(6-9-21)23-18-17-16(7-10-24-17)19-12-20-18/h2-4,7,10-13H,5-6,8-9H2,1H3. The first-order chi connectivity index (χ1) is 12.3. The summed E-state index contributed by atoms with van der Waals surface area (Å²) in [5, 5.41) is 2.03. The Kier molecular flexibility index (Phi) is 5.05. The normalized spacial score (nSPS) is 16.2. The maximum absolute atomic E-state index is 6.17. The van der Waals surface area contributed by atoms with Crippen LogP contribution >= 0.6 is 23.3 Å². The maximum Gasteiger partial charge on any atom is 0.235 e. The number of hydrogen-bond acceptors (Lipinski definition) is 7. The highest BCUT2D eigenvalue weighted by atomic mass is 32.2. The SMILES string of the molecule is COc1cccc(SN2CCC(Oc3ncnc4ccsc34)CC2)c1. The first kappa shape index (κ1) is 16.6. The van der Waals surface area contributed by atoms with Gasteiger partial charge in [0.25, 0.3) is 0 Å². The molecule has 0 bridgehead atoms. The van der Waals surface area contributed by atoms with Crippen molar-refractivity contribution in [3.05, 3.63) is 42.0 Å². The average molecular weight is 374 g/mol. The molecule has 0 saturated carbocycles. The molecule has 5 nitrogen and oxygen atoms in total. The van der Waals surface area contributed by atoms with Gasteiger partial charge in [-0.2, -0.15) is 0 Å². The van der Waals surface area contributed by atoms with Crippen LogP contribution in [0.3, 0.4) is 0 Å². The van der Waals surface area contributed by atoms with Gasteiger partial charge in [-0.1, -0.05) is 6.07 Å². The Morgan fingerprint density at radius 3 is 2.92 bits per heavy atom. The quantitative estimate of drug-likeness (QED) is 0.623. The van der Waals surface area contributed by atoms with Crippen LogP contribution in [0.5, 0.6) is 11.6 Å². The Balaban J connectivity index is 1.34. The van der Waals surface area contributed by atoms with Crippen LogP contribution in [0.25, 0.3) is 10.2 Å². The van der Waals surface area contributed by atoms with E-state index in [-0.39, 0.29) is 6.10 Å². The summed E-state index contributed by atoms with van der Waals surface area (Å²) in [6.45, 7) is 1.98. The summed E-state index contributed by atoms with van der Waals surface area (Å²) < 4.78 is 14.9. The smallest absolute Gasteiger partial charge is 0.235 e. The van der Waals surface area contributed by atoms with Crippen LogP contribution in [-0.2, 0) is 0 Å². The number of nitrogens with zero attached hydrogens (tertiary/aromatic N) is 3. The number of ether oxygens (including phenoxy) is 2. The van der Waals surface area contributed by atoms with Crippen molar-refractivity contribution in [2.45, 2.75) is 23.8 Å². The lowest BCUT2D eigenvalue weighted by Crippen LogP contribution is -2.34. The third-order valence-electron chi connectivity index (χ3n) is 4.17. The topological polar surface area (TPSA) is 47.5 Å². The zero-order valence-electron chi connectivity index (χ0n) is 13.9. The molecule has 130 valence electrons. The second-order valence-corrected chi connectivity index (χ2v) is 7.92. The molecule has 0 radical (unpaired) electrons. The monoisotopic (exact) mass is 373 g/mol. The summed E-state index contributed by atoms with van der Waals surface area (Å²) in [7, 11) is 1.70. The Hall–Kier alpha value is -1.83. The highest BCUT2D eigenvalue weighted by Crippen LogP contribution is 2.32. The molecule has 1 saturated heterocycles. The van der Waals surface area contributed by atoms with Gasteiger partial charge in [-0.3, -0.25) is 0 Å². The van der Waals surface area contributed by atoms with E-state index in [2.05, 4.69) is 26.4 Å². The van der Waals surface area contributed by atoms with Crippen LogP contribution in [0.15, 0.2) is 46.9 Å². The van der Waals surface area contributed by atoms with Crippen LogP contribution in [-0.4, -0.2) is 40.6 Å². The molecule has 0 spiro atoms. The van der Waals surface area contributed by atoms with Crippen molar-refractivity contribution >= 4 is 33.5 Å². The van der Waals surface area contributed by atoms with Crippen molar-refractivity contribution in [2.75, 3.05) is 20.2 Å².